The molecule has 0 saturated heterocycles. The second-order valence-electron chi connectivity index (χ2n) is 7.37. The predicted molar refractivity (Wildman–Crippen MR) is 119 cm³/mol. The number of amides is 1. The minimum Gasteiger partial charge on any atom is -0.373 e. The van der Waals surface area contributed by atoms with Crippen LogP contribution in [0.2, 0.25) is 0 Å². The van der Waals surface area contributed by atoms with Crippen molar-refractivity contribution in [2.45, 2.75) is 19.8 Å². The van der Waals surface area contributed by atoms with Crippen molar-refractivity contribution in [2.75, 3.05) is 17.7 Å². The van der Waals surface area contributed by atoms with E-state index < -0.39 is 11.8 Å². The number of hydrogen-bond acceptors (Lipinski definition) is 6. The van der Waals surface area contributed by atoms with Crippen LogP contribution in [0.4, 0.5) is 20.3 Å². The van der Waals surface area contributed by atoms with Gasteiger partial charge in [-0.05, 0) is 31.2 Å². The second kappa shape index (κ2) is 8.26. The largest absolute Gasteiger partial charge is 0.373 e. The Bertz CT molecular complexity index is 1320. The SMILES string of the molecule is CNc1cc2ncc(-c3cc(NC(=O)c4cc(C(C)(F)F)ccn4)cnc3C)cc2cn1. The Balaban J connectivity index is 1.63. The van der Waals surface area contributed by atoms with E-state index in [-0.39, 0.29) is 11.3 Å². The number of halogens is 2. The number of aryl methyl sites for hydroxylation is 1. The molecule has 9 heteroatoms. The van der Waals surface area contributed by atoms with E-state index in [9.17, 15) is 13.6 Å². The Labute approximate surface area is 183 Å². The third-order valence-electron chi connectivity index (χ3n) is 4.98. The Kier molecular flexibility index (Phi) is 5.48. The molecule has 0 saturated carbocycles. The summed E-state index contributed by atoms with van der Waals surface area (Å²) in [7, 11) is 1.79. The third kappa shape index (κ3) is 4.36. The first-order valence-corrected chi connectivity index (χ1v) is 9.81. The van der Waals surface area contributed by atoms with Gasteiger partial charge in [-0.15, -0.1) is 0 Å². The van der Waals surface area contributed by atoms with E-state index in [1.54, 1.807) is 25.5 Å². The first-order valence-electron chi connectivity index (χ1n) is 9.81. The molecule has 0 fully saturated rings. The molecule has 0 radical (unpaired) electrons. The summed E-state index contributed by atoms with van der Waals surface area (Å²) >= 11 is 0. The van der Waals surface area contributed by atoms with E-state index in [0.29, 0.717) is 5.69 Å². The minimum absolute atomic E-state index is 0.107. The van der Waals surface area contributed by atoms with Crippen molar-refractivity contribution in [3.8, 4) is 11.1 Å². The Morgan fingerprint density at radius 3 is 2.56 bits per heavy atom. The highest BCUT2D eigenvalue weighted by Crippen LogP contribution is 2.29. The third-order valence-corrected chi connectivity index (χ3v) is 4.98. The summed E-state index contributed by atoms with van der Waals surface area (Å²) in [5.74, 6) is -2.95. The molecule has 7 nitrogen and oxygen atoms in total. The molecule has 2 N–H and O–H groups in total. The number of aromatic nitrogens is 4. The van der Waals surface area contributed by atoms with E-state index in [2.05, 4.69) is 30.6 Å². The van der Waals surface area contributed by atoms with Gasteiger partial charge in [0.05, 0.1) is 17.4 Å². The van der Waals surface area contributed by atoms with Crippen molar-refractivity contribution in [1.82, 2.24) is 19.9 Å². The molecule has 0 aliphatic carbocycles. The van der Waals surface area contributed by atoms with Gasteiger partial charge in [-0.25, -0.2) is 13.8 Å². The smallest absolute Gasteiger partial charge is 0.274 e. The van der Waals surface area contributed by atoms with Gasteiger partial charge in [0.1, 0.15) is 11.5 Å². The van der Waals surface area contributed by atoms with Gasteiger partial charge in [-0.2, -0.15) is 0 Å². The van der Waals surface area contributed by atoms with E-state index in [4.69, 9.17) is 0 Å². The van der Waals surface area contributed by atoms with Crippen LogP contribution in [0.3, 0.4) is 0 Å². The maximum atomic E-state index is 13.6. The van der Waals surface area contributed by atoms with Crippen molar-refractivity contribution < 1.29 is 13.6 Å². The number of carbonyl (C=O) groups excluding carboxylic acids is 1. The van der Waals surface area contributed by atoms with Crippen LogP contribution in [-0.4, -0.2) is 32.9 Å². The minimum atomic E-state index is -3.07. The number of nitrogens with zero attached hydrogens (tertiary/aromatic N) is 4. The number of nitrogens with one attached hydrogen (secondary N) is 2. The van der Waals surface area contributed by atoms with Gasteiger partial charge >= 0.3 is 0 Å². The summed E-state index contributed by atoms with van der Waals surface area (Å²) in [6.07, 6.45) is 6.15. The molecular formula is C23H20F2N6O. The maximum Gasteiger partial charge on any atom is 0.274 e. The zero-order valence-corrected chi connectivity index (χ0v) is 17.6. The lowest BCUT2D eigenvalue weighted by atomic mass is 10.0. The van der Waals surface area contributed by atoms with Crippen molar-refractivity contribution >= 4 is 28.3 Å². The number of carbonyl (C=O) groups is 1. The fourth-order valence-electron chi connectivity index (χ4n) is 3.22. The molecule has 0 atom stereocenters. The van der Waals surface area contributed by atoms with E-state index in [1.807, 2.05) is 19.1 Å². The van der Waals surface area contributed by atoms with Crippen LogP contribution in [0.1, 0.15) is 28.7 Å². The highest BCUT2D eigenvalue weighted by atomic mass is 19.3. The summed E-state index contributed by atoms with van der Waals surface area (Å²) in [6, 6.07) is 7.82. The molecule has 0 aromatic carbocycles. The zero-order valence-electron chi connectivity index (χ0n) is 17.6. The van der Waals surface area contributed by atoms with Gasteiger partial charge in [-0.3, -0.25) is 19.7 Å². The van der Waals surface area contributed by atoms with E-state index in [1.165, 1.54) is 18.5 Å². The normalized spacial score (nSPS) is 11.4. The van der Waals surface area contributed by atoms with Crippen molar-refractivity contribution in [1.29, 1.82) is 0 Å². The van der Waals surface area contributed by atoms with Gasteiger partial charge in [0.25, 0.3) is 11.8 Å². The molecule has 1 amide bonds. The van der Waals surface area contributed by atoms with Crippen molar-refractivity contribution in [2.24, 2.45) is 0 Å². The molecule has 0 spiro atoms. The first kappa shape index (κ1) is 21.2. The fraction of sp³-hybridized carbons (Fsp3) is 0.174. The molecule has 4 aromatic rings. The topological polar surface area (TPSA) is 92.7 Å². The van der Waals surface area contributed by atoms with Gasteiger partial charge in [0.2, 0.25) is 0 Å². The maximum absolute atomic E-state index is 13.6. The molecule has 4 heterocycles. The summed E-state index contributed by atoms with van der Waals surface area (Å²) in [5, 5.41) is 6.51. The summed E-state index contributed by atoms with van der Waals surface area (Å²) in [5.41, 5.74) is 3.15. The van der Waals surface area contributed by atoms with E-state index in [0.717, 1.165) is 46.5 Å². The average molecular weight is 434 g/mol. The molecule has 0 aliphatic rings. The highest BCUT2D eigenvalue weighted by molar-refractivity contribution is 6.03. The van der Waals surface area contributed by atoms with Gasteiger partial charge in [0, 0.05) is 66.4 Å². The molecule has 32 heavy (non-hydrogen) atoms. The average Bonchev–Trinajstić information content (AvgIpc) is 2.79. The Morgan fingerprint density at radius 1 is 1.00 bits per heavy atom. The predicted octanol–water partition coefficient (Wildman–Crippen LogP) is 4.80. The van der Waals surface area contributed by atoms with Crippen molar-refractivity contribution in [3.63, 3.8) is 0 Å². The highest BCUT2D eigenvalue weighted by Gasteiger charge is 2.25. The van der Waals surface area contributed by atoms with Crippen LogP contribution < -0.4 is 10.6 Å². The summed E-state index contributed by atoms with van der Waals surface area (Å²) in [4.78, 5) is 29.7. The Hall–Kier alpha value is -4.01. The van der Waals surface area contributed by atoms with Crippen LogP contribution in [0.25, 0.3) is 22.0 Å². The number of fused-ring (bicyclic) bond motifs is 1. The Morgan fingerprint density at radius 2 is 1.81 bits per heavy atom. The molecule has 0 aliphatic heterocycles. The van der Waals surface area contributed by atoms with Gasteiger partial charge in [0.15, 0.2) is 0 Å². The van der Waals surface area contributed by atoms with Gasteiger partial charge < -0.3 is 10.6 Å². The van der Waals surface area contributed by atoms with Crippen LogP contribution in [0.5, 0.6) is 0 Å². The molecule has 0 unspecified atom stereocenters. The lowest BCUT2D eigenvalue weighted by molar-refractivity contribution is 0.0173. The first-order chi connectivity index (χ1) is 15.2. The number of anilines is 2. The van der Waals surface area contributed by atoms with Crippen LogP contribution >= 0.6 is 0 Å². The number of hydrogen-bond donors (Lipinski definition) is 2. The lowest BCUT2D eigenvalue weighted by Gasteiger charge is -2.12. The summed E-state index contributed by atoms with van der Waals surface area (Å²) < 4.78 is 27.2. The monoisotopic (exact) mass is 434 g/mol. The van der Waals surface area contributed by atoms with Crippen LogP contribution in [0.15, 0.2) is 55.1 Å². The molecule has 4 rings (SSSR count). The quantitative estimate of drug-likeness (QED) is 0.469. The number of rotatable bonds is 5. The fourth-order valence-corrected chi connectivity index (χ4v) is 3.22. The van der Waals surface area contributed by atoms with Crippen LogP contribution in [0, 0.1) is 6.92 Å². The molecule has 0 bridgehead atoms. The molecule has 4 aromatic heterocycles. The molecular weight excluding hydrogens is 414 g/mol. The van der Waals surface area contributed by atoms with E-state index >= 15 is 0 Å². The molecule has 162 valence electrons. The van der Waals surface area contributed by atoms with Crippen LogP contribution in [-0.2, 0) is 5.92 Å². The zero-order chi connectivity index (χ0) is 22.9. The van der Waals surface area contributed by atoms with Gasteiger partial charge in [-0.1, -0.05) is 0 Å². The number of alkyl halides is 2. The second-order valence-corrected chi connectivity index (χ2v) is 7.37. The standard InChI is InChI=1S/C23H20F2N6O/c1-13-18(14-6-15-11-30-21(26-3)9-19(15)29-10-14)8-17(12-28-13)31-22(32)20-7-16(4-5-27-20)23(2,24)25/h4-12H,1-3H3,(H,26,30)(H,31,32). The summed E-state index contributed by atoms with van der Waals surface area (Å²) in [6.45, 7) is 2.62. The lowest BCUT2D eigenvalue weighted by Crippen LogP contribution is -2.16. The van der Waals surface area contributed by atoms with Crippen molar-refractivity contribution in [3.05, 3.63) is 72.1 Å². The number of pyridine rings is 4.